The number of hydrogen-bond donors (Lipinski definition) is 2. The lowest BCUT2D eigenvalue weighted by Gasteiger charge is -2.17. The Morgan fingerprint density at radius 2 is 1.71 bits per heavy atom. The molecule has 0 saturated heterocycles. The van der Waals surface area contributed by atoms with Crippen LogP contribution in [0.5, 0.6) is 0 Å². The Morgan fingerprint density at radius 1 is 1.24 bits per heavy atom. The molecule has 1 aromatic rings. The Bertz CT molecular complexity index is 387. The summed E-state index contributed by atoms with van der Waals surface area (Å²) in [6, 6.07) is 1.80. The summed E-state index contributed by atoms with van der Waals surface area (Å²) in [5.74, 6) is -0.707. The predicted molar refractivity (Wildman–Crippen MR) is 57.0 cm³/mol. The molecule has 0 aliphatic carbocycles. The van der Waals surface area contributed by atoms with Crippen molar-refractivity contribution < 1.29 is 22.7 Å². The molecule has 0 fully saturated rings. The molecule has 0 saturated carbocycles. The lowest BCUT2D eigenvalue weighted by molar-refractivity contribution is -0.198. The topological polar surface area (TPSA) is 32.3 Å². The van der Waals surface area contributed by atoms with Crippen LogP contribution < -0.4 is 5.32 Å². The molecule has 0 aliphatic heterocycles. The van der Waals surface area contributed by atoms with E-state index in [0.29, 0.717) is 0 Å². The lowest BCUT2D eigenvalue weighted by atomic mass is 10.2. The smallest absolute Gasteiger partial charge is 0.382 e. The van der Waals surface area contributed by atoms with Crippen LogP contribution in [-0.2, 0) is 0 Å². The summed E-state index contributed by atoms with van der Waals surface area (Å²) in [5.41, 5.74) is -0.0574. The molecule has 17 heavy (non-hydrogen) atoms. The third kappa shape index (κ3) is 3.90. The van der Waals surface area contributed by atoms with Crippen LogP contribution in [0.15, 0.2) is 12.1 Å². The van der Waals surface area contributed by atoms with E-state index < -0.39 is 24.6 Å². The highest BCUT2D eigenvalue weighted by Crippen LogP contribution is 2.31. The van der Waals surface area contributed by atoms with Crippen molar-refractivity contribution >= 4 is 28.9 Å². The third-order valence-electron chi connectivity index (χ3n) is 1.86. The summed E-state index contributed by atoms with van der Waals surface area (Å²) in [6.45, 7) is -0.825. The molecule has 0 heterocycles. The van der Waals surface area contributed by atoms with Crippen LogP contribution >= 0.6 is 23.2 Å². The molecule has 96 valence electrons. The minimum Gasteiger partial charge on any atom is -0.382 e. The first-order valence-electron chi connectivity index (χ1n) is 4.35. The van der Waals surface area contributed by atoms with Crippen LogP contribution in [-0.4, -0.2) is 23.9 Å². The van der Waals surface area contributed by atoms with Crippen molar-refractivity contribution in [2.75, 3.05) is 11.9 Å². The number of anilines is 1. The molecule has 1 atom stereocenters. The van der Waals surface area contributed by atoms with Gasteiger partial charge in [0.1, 0.15) is 5.82 Å². The zero-order chi connectivity index (χ0) is 13.2. The number of halogens is 6. The minimum absolute atomic E-state index is 0.0574. The third-order valence-corrected chi connectivity index (χ3v) is 2.45. The van der Waals surface area contributed by atoms with E-state index in [1.807, 2.05) is 0 Å². The molecule has 0 aliphatic rings. The molecule has 0 amide bonds. The molecule has 1 aromatic carbocycles. The number of benzene rings is 1. The summed E-state index contributed by atoms with van der Waals surface area (Å²) in [6.07, 6.45) is -7.30. The van der Waals surface area contributed by atoms with Crippen molar-refractivity contribution in [3.05, 3.63) is 28.0 Å². The van der Waals surface area contributed by atoms with Gasteiger partial charge in [-0.2, -0.15) is 13.2 Å². The van der Waals surface area contributed by atoms with Crippen molar-refractivity contribution in [3.8, 4) is 0 Å². The molecule has 2 nitrogen and oxygen atoms in total. The zero-order valence-electron chi connectivity index (χ0n) is 8.15. The standard InChI is InChI=1S/C9H7Cl2F4NO/c10-5-1-4(12)2-6(11)8(5)16-3-7(17)9(13,14)15/h1-2,7,16-17H,3H2. The summed E-state index contributed by atoms with van der Waals surface area (Å²) in [4.78, 5) is 0. The van der Waals surface area contributed by atoms with Gasteiger partial charge in [0.05, 0.1) is 15.7 Å². The van der Waals surface area contributed by atoms with Gasteiger partial charge in [-0.25, -0.2) is 4.39 Å². The number of alkyl halides is 3. The minimum atomic E-state index is -4.74. The highest BCUT2D eigenvalue weighted by molar-refractivity contribution is 6.39. The van der Waals surface area contributed by atoms with E-state index in [1.54, 1.807) is 0 Å². The molecular formula is C9H7Cl2F4NO. The van der Waals surface area contributed by atoms with E-state index in [-0.39, 0.29) is 15.7 Å². The fraction of sp³-hybridized carbons (Fsp3) is 0.333. The summed E-state index contributed by atoms with van der Waals surface area (Å²) in [7, 11) is 0. The number of rotatable bonds is 3. The Hall–Kier alpha value is -0.720. The second kappa shape index (κ2) is 5.29. The molecule has 1 rings (SSSR count). The average molecular weight is 292 g/mol. The van der Waals surface area contributed by atoms with Gasteiger partial charge >= 0.3 is 6.18 Å². The Morgan fingerprint density at radius 3 is 2.12 bits per heavy atom. The van der Waals surface area contributed by atoms with E-state index in [1.165, 1.54) is 0 Å². The summed E-state index contributed by atoms with van der Waals surface area (Å²) < 4.78 is 48.8. The molecule has 2 N–H and O–H groups in total. The number of nitrogens with one attached hydrogen (secondary N) is 1. The zero-order valence-corrected chi connectivity index (χ0v) is 9.67. The second-order valence-electron chi connectivity index (χ2n) is 3.18. The molecule has 0 radical (unpaired) electrons. The van der Waals surface area contributed by atoms with Crippen LogP contribution in [0.25, 0.3) is 0 Å². The van der Waals surface area contributed by atoms with Gasteiger partial charge in [0.2, 0.25) is 0 Å². The van der Waals surface area contributed by atoms with Crippen molar-refractivity contribution in [2.24, 2.45) is 0 Å². The summed E-state index contributed by atoms with van der Waals surface area (Å²) >= 11 is 11.2. The summed E-state index contributed by atoms with van der Waals surface area (Å²) in [5, 5.41) is 10.6. The molecule has 8 heteroatoms. The normalized spacial score (nSPS) is 13.6. The molecular weight excluding hydrogens is 285 g/mol. The number of hydrogen-bond acceptors (Lipinski definition) is 2. The second-order valence-corrected chi connectivity index (χ2v) is 4.00. The van der Waals surface area contributed by atoms with E-state index in [0.717, 1.165) is 12.1 Å². The van der Waals surface area contributed by atoms with Crippen LogP contribution in [0.1, 0.15) is 0 Å². The van der Waals surface area contributed by atoms with Crippen LogP contribution in [0.3, 0.4) is 0 Å². The SMILES string of the molecule is OC(CNc1c(Cl)cc(F)cc1Cl)C(F)(F)F. The van der Waals surface area contributed by atoms with E-state index in [4.69, 9.17) is 28.3 Å². The highest BCUT2D eigenvalue weighted by atomic mass is 35.5. The molecule has 0 bridgehead atoms. The maximum atomic E-state index is 12.8. The van der Waals surface area contributed by atoms with E-state index in [2.05, 4.69) is 5.32 Å². The monoisotopic (exact) mass is 291 g/mol. The van der Waals surface area contributed by atoms with Crippen LogP contribution in [0.2, 0.25) is 10.0 Å². The fourth-order valence-electron chi connectivity index (χ4n) is 1.03. The first-order valence-corrected chi connectivity index (χ1v) is 5.10. The molecule has 0 spiro atoms. The van der Waals surface area contributed by atoms with Gasteiger partial charge in [0.25, 0.3) is 0 Å². The Labute approximate surface area is 104 Å². The van der Waals surface area contributed by atoms with Crippen LogP contribution in [0, 0.1) is 5.82 Å². The maximum Gasteiger partial charge on any atom is 0.416 e. The largest absolute Gasteiger partial charge is 0.416 e. The van der Waals surface area contributed by atoms with Gasteiger partial charge in [0.15, 0.2) is 6.10 Å². The molecule has 0 aromatic heterocycles. The van der Waals surface area contributed by atoms with Gasteiger partial charge in [0, 0.05) is 6.54 Å². The quantitative estimate of drug-likeness (QED) is 0.836. The van der Waals surface area contributed by atoms with E-state index in [9.17, 15) is 17.6 Å². The van der Waals surface area contributed by atoms with Gasteiger partial charge in [-0.05, 0) is 12.1 Å². The Kier molecular flexibility index (Phi) is 4.46. The van der Waals surface area contributed by atoms with Gasteiger partial charge in [-0.1, -0.05) is 23.2 Å². The average Bonchev–Trinajstić information content (AvgIpc) is 2.13. The van der Waals surface area contributed by atoms with Crippen molar-refractivity contribution in [1.29, 1.82) is 0 Å². The maximum absolute atomic E-state index is 12.8. The molecule has 1 unspecified atom stereocenters. The van der Waals surface area contributed by atoms with E-state index >= 15 is 0 Å². The number of aliphatic hydroxyl groups excluding tert-OH is 1. The highest BCUT2D eigenvalue weighted by Gasteiger charge is 2.38. The first-order chi connectivity index (χ1) is 7.71. The fourth-order valence-corrected chi connectivity index (χ4v) is 1.62. The Balaban J connectivity index is 2.77. The van der Waals surface area contributed by atoms with Crippen molar-refractivity contribution in [2.45, 2.75) is 12.3 Å². The van der Waals surface area contributed by atoms with Crippen molar-refractivity contribution in [3.63, 3.8) is 0 Å². The van der Waals surface area contributed by atoms with Gasteiger partial charge < -0.3 is 10.4 Å². The first kappa shape index (κ1) is 14.3. The van der Waals surface area contributed by atoms with Crippen molar-refractivity contribution in [1.82, 2.24) is 0 Å². The lowest BCUT2D eigenvalue weighted by Crippen LogP contribution is -2.35. The van der Waals surface area contributed by atoms with Gasteiger partial charge in [-0.3, -0.25) is 0 Å². The van der Waals surface area contributed by atoms with Gasteiger partial charge in [-0.15, -0.1) is 0 Å². The number of aliphatic hydroxyl groups is 1. The van der Waals surface area contributed by atoms with Crippen LogP contribution in [0.4, 0.5) is 23.2 Å². The predicted octanol–water partition coefficient (Wildman–Crippen LogP) is 3.47.